The molecule has 3 aromatic rings. The van der Waals surface area contributed by atoms with Crippen LogP contribution in [-0.2, 0) is 23.4 Å². The van der Waals surface area contributed by atoms with E-state index >= 15 is 0 Å². The van der Waals surface area contributed by atoms with Crippen molar-refractivity contribution >= 4 is 36.6 Å². The first-order valence-electron chi connectivity index (χ1n) is 11.8. The first kappa shape index (κ1) is 27.7. The fourth-order valence-electron chi connectivity index (χ4n) is 3.80. The van der Waals surface area contributed by atoms with E-state index in [0.717, 1.165) is 0 Å². The molecule has 0 spiro atoms. The molecular weight excluding hydrogens is 519 g/mol. The maximum atomic E-state index is 13.7. The van der Waals surface area contributed by atoms with Crippen molar-refractivity contribution in [3.05, 3.63) is 36.7 Å². The fraction of sp³-hybridized carbons (Fsp3) is 0.455. The zero-order chi connectivity index (χ0) is 27.6. The van der Waals surface area contributed by atoms with Crippen molar-refractivity contribution in [2.24, 2.45) is 5.73 Å². The second kappa shape index (κ2) is 11.2. The molecule has 0 radical (unpaired) electrons. The molecule has 16 heteroatoms. The number of hydrogen-bond donors (Lipinski definition) is 5. The molecule has 8 N–H and O–H groups in total. The summed E-state index contributed by atoms with van der Waals surface area (Å²) >= 11 is 0. The summed E-state index contributed by atoms with van der Waals surface area (Å²) in [5, 5.41) is 13.4. The van der Waals surface area contributed by atoms with Crippen LogP contribution >= 0.6 is 7.75 Å². The molecule has 1 saturated heterocycles. The molecule has 0 bridgehead atoms. The van der Waals surface area contributed by atoms with E-state index in [-0.39, 0.29) is 34.8 Å². The van der Waals surface area contributed by atoms with Crippen LogP contribution < -0.4 is 26.8 Å². The van der Waals surface area contributed by atoms with Crippen molar-refractivity contribution in [3.8, 4) is 5.75 Å². The number of rotatable bonds is 10. The zero-order valence-corrected chi connectivity index (χ0v) is 21.9. The van der Waals surface area contributed by atoms with Gasteiger partial charge in [0, 0.05) is 0 Å². The lowest BCUT2D eigenvalue weighted by atomic mass is 10.1. The SMILES string of the molecule is CC(C)OC(=O)[C@H](C)N[P@](=O)(OC[C@H]1O[C@@H](n2cnc3c(N)nc(N)nc32)[C@H](N)[C@@H]1O)Oc1ccccc1. The minimum atomic E-state index is -4.18. The highest BCUT2D eigenvalue weighted by Gasteiger charge is 2.45. The van der Waals surface area contributed by atoms with Crippen LogP contribution in [0.5, 0.6) is 5.75 Å². The molecule has 3 heterocycles. The van der Waals surface area contributed by atoms with Gasteiger partial charge in [0.1, 0.15) is 29.5 Å². The number of fused-ring (bicyclic) bond motifs is 1. The number of aromatic nitrogens is 4. The number of benzene rings is 1. The summed E-state index contributed by atoms with van der Waals surface area (Å²) in [4.78, 5) is 24.5. The van der Waals surface area contributed by atoms with Crippen molar-refractivity contribution in [1.82, 2.24) is 24.6 Å². The third-order valence-electron chi connectivity index (χ3n) is 5.59. The number of esters is 1. The van der Waals surface area contributed by atoms with Gasteiger partial charge in [-0.3, -0.25) is 13.9 Å². The number of carbonyl (C=O) groups excluding carboxylic acids is 1. The number of nitrogen functional groups attached to an aromatic ring is 2. The van der Waals surface area contributed by atoms with Crippen LogP contribution in [0, 0.1) is 0 Å². The van der Waals surface area contributed by atoms with E-state index < -0.39 is 50.8 Å². The second-order valence-electron chi connectivity index (χ2n) is 8.96. The highest BCUT2D eigenvalue weighted by Crippen LogP contribution is 2.46. The molecule has 0 aliphatic carbocycles. The second-order valence-corrected chi connectivity index (χ2v) is 10.7. The number of carbonyl (C=O) groups is 1. The summed E-state index contributed by atoms with van der Waals surface area (Å²) in [6.07, 6.45) is -2.18. The predicted molar refractivity (Wildman–Crippen MR) is 136 cm³/mol. The molecule has 6 atom stereocenters. The number of ether oxygens (including phenoxy) is 2. The van der Waals surface area contributed by atoms with E-state index in [9.17, 15) is 14.5 Å². The number of aliphatic hydroxyl groups excluding tert-OH is 1. The van der Waals surface area contributed by atoms with Crippen molar-refractivity contribution in [2.45, 2.75) is 57.4 Å². The maximum absolute atomic E-state index is 13.7. The lowest BCUT2D eigenvalue weighted by molar-refractivity contribution is -0.149. The van der Waals surface area contributed by atoms with Gasteiger partial charge in [0.05, 0.1) is 25.1 Å². The first-order valence-corrected chi connectivity index (χ1v) is 13.3. The zero-order valence-electron chi connectivity index (χ0n) is 21.0. The summed E-state index contributed by atoms with van der Waals surface area (Å²) < 4.78 is 37.6. The Labute approximate surface area is 218 Å². The number of nitrogens with one attached hydrogen (secondary N) is 1. The summed E-state index contributed by atoms with van der Waals surface area (Å²) in [6.45, 7) is 4.45. The number of anilines is 2. The summed E-state index contributed by atoms with van der Waals surface area (Å²) in [7, 11) is -4.18. The molecule has 15 nitrogen and oxygen atoms in total. The van der Waals surface area contributed by atoms with E-state index in [2.05, 4.69) is 20.0 Å². The lowest BCUT2D eigenvalue weighted by Gasteiger charge is -2.25. The molecule has 206 valence electrons. The highest BCUT2D eigenvalue weighted by atomic mass is 31.2. The predicted octanol–water partition coefficient (Wildman–Crippen LogP) is 0.710. The lowest BCUT2D eigenvalue weighted by Crippen LogP contribution is -2.41. The minimum Gasteiger partial charge on any atom is -0.462 e. The molecule has 0 unspecified atom stereocenters. The Kier molecular flexibility index (Phi) is 8.16. The van der Waals surface area contributed by atoms with E-state index in [1.165, 1.54) is 17.8 Å². The Hall–Kier alpha value is -3.33. The van der Waals surface area contributed by atoms with E-state index in [1.807, 2.05) is 0 Å². The van der Waals surface area contributed by atoms with Crippen molar-refractivity contribution in [1.29, 1.82) is 0 Å². The first-order chi connectivity index (χ1) is 18.0. The number of nitrogens with two attached hydrogens (primary N) is 3. The van der Waals surface area contributed by atoms with E-state index in [4.69, 9.17) is 35.7 Å². The van der Waals surface area contributed by atoms with Gasteiger partial charge in [-0.2, -0.15) is 15.1 Å². The number of nitrogens with zero attached hydrogens (tertiary/aromatic N) is 4. The Morgan fingerprint density at radius 2 is 1.95 bits per heavy atom. The van der Waals surface area contributed by atoms with Crippen LogP contribution in [-0.4, -0.2) is 67.6 Å². The van der Waals surface area contributed by atoms with Gasteiger partial charge in [-0.25, -0.2) is 9.55 Å². The Balaban J connectivity index is 1.51. The molecule has 4 rings (SSSR count). The van der Waals surface area contributed by atoms with Crippen LogP contribution in [0.25, 0.3) is 11.2 Å². The molecule has 1 fully saturated rings. The van der Waals surface area contributed by atoms with Gasteiger partial charge in [0.2, 0.25) is 5.95 Å². The summed E-state index contributed by atoms with van der Waals surface area (Å²) in [6, 6.07) is 6.29. The van der Waals surface area contributed by atoms with E-state index in [0.29, 0.717) is 0 Å². The van der Waals surface area contributed by atoms with Crippen LogP contribution in [0.15, 0.2) is 36.7 Å². The molecule has 1 aromatic carbocycles. The van der Waals surface area contributed by atoms with Crippen molar-refractivity contribution in [2.75, 3.05) is 18.1 Å². The van der Waals surface area contributed by atoms with Crippen LogP contribution in [0.1, 0.15) is 27.0 Å². The van der Waals surface area contributed by atoms with Crippen LogP contribution in [0.3, 0.4) is 0 Å². The Bertz CT molecular complexity index is 1320. The summed E-state index contributed by atoms with van der Waals surface area (Å²) in [5.41, 5.74) is 18.4. The molecule has 0 amide bonds. The monoisotopic (exact) mass is 550 g/mol. The smallest absolute Gasteiger partial charge is 0.459 e. The highest BCUT2D eigenvalue weighted by molar-refractivity contribution is 7.52. The van der Waals surface area contributed by atoms with Crippen LogP contribution in [0.4, 0.5) is 11.8 Å². The fourth-order valence-corrected chi connectivity index (χ4v) is 5.31. The van der Waals surface area contributed by atoms with Gasteiger partial charge >= 0.3 is 13.7 Å². The van der Waals surface area contributed by atoms with Gasteiger partial charge < -0.3 is 36.3 Å². The Morgan fingerprint density at radius 1 is 1.24 bits per heavy atom. The topological polar surface area (TPSA) is 225 Å². The number of hydrogen-bond acceptors (Lipinski definition) is 13. The third-order valence-corrected chi connectivity index (χ3v) is 7.24. The third kappa shape index (κ3) is 6.04. The standard InChI is InChI=1S/C22H31N8O7P/c1-11(2)35-21(32)12(3)29-38(33,37-13-7-5-4-6-8-13)34-9-14-17(31)15(23)20(36-14)30-10-26-16-18(24)27-22(25)28-19(16)30/h4-8,10-12,14-15,17,20,31H,9,23H2,1-3H3,(H,29,33)(H4,24,25,27,28)/t12-,14+,15+,17+,20+,38-/m0/s1. The van der Waals surface area contributed by atoms with Gasteiger partial charge in [0.15, 0.2) is 17.7 Å². The average Bonchev–Trinajstić information content (AvgIpc) is 3.39. The largest absolute Gasteiger partial charge is 0.462 e. The van der Waals surface area contributed by atoms with E-state index in [1.54, 1.807) is 44.2 Å². The average molecular weight is 551 g/mol. The van der Waals surface area contributed by atoms with Gasteiger partial charge in [-0.1, -0.05) is 18.2 Å². The Morgan fingerprint density at radius 3 is 2.63 bits per heavy atom. The molecule has 0 saturated carbocycles. The summed E-state index contributed by atoms with van der Waals surface area (Å²) in [5.74, 6) is -0.408. The van der Waals surface area contributed by atoms with Gasteiger partial charge in [-0.05, 0) is 32.9 Å². The quantitative estimate of drug-likeness (QED) is 0.173. The maximum Gasteiger partial charge on any atom is 0.459 e. The molecule has 2 aromatic heterocycles. The molecule has 1 aliphatic heterocycles. The number of para-hydroxylation sites is 1. The number of imidazole rings is 1. The van der Waals surface area contributed by atoms with Gasteiger partial charge in [-0.15, -0.1) is 0 Å². The molecule has 1 aliphatic rings. The van der Waals surface area contributed by atoms with Crippen molar-refractivity contribution in [3.63, 3.8) is 0 Å². The minimum absolute atomic E-state index is 0.0704. The van der Waals surface area contributed by atoms with Crippen molar-refractivity contribution < 1.29 is 33.0 Å². The molecular formula is C22H31N8O7P. The van der Waals surface area contributed by atoms with Gasteiger partial charge in [0.25, 0.3) is 0 Å². The molecule has 38 heavy (non-hydrogen) atoms. The normalized spacial score (nSPS) is 23.8. The van der Waals surface area contributed by atoms with Crippen LogP contribution in [0.2, 0.25) is 0 Å². The number of aliphatic hydroxyl groups is 1.